The minimum atomic E-state index is -1.16. The fourth-order valence-corrected chi connectivity index (χ4v) is 10.2. The Labute approximate surface area is 207 Å². The molecule has 3 saturated carbocycles. The van der Waals surface area contributed by atoms with Gasteiger partial charge >= 0.3 is 0 Å². The van der Waals surface area contributed by atoms with Crippen LogP contribution in [-0.4, -0.2) is 67.6 Å². The number of aliphatic hydroxyl groups excluding tert-OH is 1. The highest BCUT2D eigenvalue weighted by Crippen LogP contribution is 2.75. The summed E-state index contributed by atoms with van der Waals surface area (Å²) in [5.41, 5.74) is -5.20. The number of fused-ring (bicyclic) bond motifs is 5. The molecular formula is C28H40O7. The predicted molar refractivity (Wildman–Crippen MR) is 125 cm³/mol. The van der Waals surface area contributed by atoms with E-state index in [4.69, 9.17) is 14.2 Å². The Balaban J connectivity index is 1.22. The van der Waals surface area contributed by atoms with Gasteiger partial charge in [0.15, 0.2) is 12.1 Å². The minimum Gasteiger partial charge on any atom is -0.389 e. The van der Waals surface area contributed by atoms with E-state index < -0.39 is 45.1 Å². The second-order valence-corrected chi connectivity index (χ2v) is 13.8. The Kier molecular flexibility index (Phi) is 4.15. The van der Waals surface area contributed by atoms with Crippen LogP contribution >= 0.6 is 0 Å². The van der Waals surface area contributed by atoms with Crippen molar-refractivity contribution in [2.24, 2.45) is 28.6 Å². The van der Waals surface area contributed by atoms with Crippen molar-refractivity contribution < 1.29 is 34.3 Å². The molecule has 3 N–H and O–H groups in total. The molecule has 7 rings (SSSR count). The van der Waals surface area contributed by atoms with Crippen LogP contribution in [0.2, 0.25) is 0 Å². The molecule has 0 aromatic rings. The molecule has 0 unspecified atom stereocenters. The van der Waals surface area contributed by atoms with Crippen LogP contribution < -0.4 is 0 Å². The lowest BCUT2D eigenvalue weighted by Crippen LogP contribution is -2.69. The Morgan fingerprint density at radius 3 is 2.54 bits per heavy atom. The standard InChI is InChI=1S/C28H40O7/c1-15(18-14-23(3)25(5,35-23)21(30)33-18)26(31)11-12-27(32)17-13-20-28(34-20)9-6-7-19(29)24(28,4)16(17)8-10-22(26,27)2/h6-7,15-18,20-21,30-32H,8-14H2,1-5H3/t15-,16+,17-,18-,20-,21-,22-,23+,24+,25-,26-,27+,28-/m1/s1. The van der Waals surface area contributed by atoms with Gasteiger partial charge in [-0.25, -0.2) is 0 Å². The molecule has 0 radical (unpaired) electrons. The molecule has 7 aliphatic rings. The van der Waals surface area contributed by atoms with Crippen LogP contribution in [0, 0.1) is 28.6 Å². The third kappa shape index (κ3) is 2.27. The molecule has 35 heavy (non-hydrogen) atoms. The van der Waals surface area contributed by atoms with Crippen LogP contribution in [0.4, 0.5) is 0 Å². The van der Waals surface area contributed by atoms with Crippen molar-refractivity contribution in [3.63, 3.8) is 0 Å². The third-order valence-corrected chi connectivity index (χ3v) is 13.1. The molecule has 7 heteroatoms. The maximum atomic E-state index is 13.3. The smallest absolute Gasteiger partial charge is 0.186 e. The first-order chi connectivity index (χ1) is 16.2. The SMILES string of the molecule is C[C@H]([C@H]1C[C@]2(C)O[C@]2(C)[C@H](O)O1)[C@]1(O)CC[C@]2(O)[C@@H]3C[C@H]4O[C@]45CC=CC(=O)[C@]5(C)[C@H]3CC[C@]12C. The van der Waals surface area contributed by atoms with Crippen LogP contribution in [0.5, 0.6) is 0 Å². The Morgan fingerprint density at radius 2 is 1.83 bits per heavy atom. The summed E-state index contributed by atoms with van der Waals surface area (Å²) in [6.07, 6.45) is 6.73. The van der Waals surface area contributed by atoms with Crippen molar-refractivity contribution in [1.29, 1.82) is 0 Å². The molecule has 3 saturated heterocycles. The molecule has 3 aliphatic heterocycles. The number of carbonyl (C=O) groups excluding carboxylic acids is 1. The summed E-state index contributed by atoms with van der Waals surface area (Å²) in [5, 5.41) is 35.6. The van der Waals surface area contributed by atoms with Crippen molar-refractivity contribution >= 4 is 5.78 Å². The summed E-state index contributed by atoms with van der Waals surface area (Å²) in [6, 6.07) is 0. The first kappa shape index (κ1) is 23.3. The first-order valence-corrected chi connectivity index (χ1v) is 13.6. The zero-order chi connectivity index (χ0) is 25.0. The summed E-state index contributed by atoms with van der Waals surface area (Å²) in [4.78, 5) is 13.3. The average Bonchev–Trinajstić information content (AvgIpc) is 3.64. The molecule has 0 aromatic heterocycles. The lowest BCUT2D eigenvalue weighted by Gasteiger charge is -2.62. The zero-order valence-electron chi connectivity index (χ0n) is 21.5. The van der Waals surface area contributed by atoms with Gasteiger partial charge in [0.1, 0.15) is 16.8 Å². The lowest BCUT2D eigenvalue weighted by atomic mass is 9.42. The van der Waals surface area contributed by atoms with Gasteiger partial charge in [-0.2, -0.15) is 0 Å². The van der Waals surface area contributed by atoms with E-state index in [-0.39, 0.29) is 35.7 Å². The van der Waals surface area contributed by atoms with E-state index in [9.17, 15) is 20.1 Å². The van der Waals surface area contributed by atoms with Crippen molar-refractivity contribution in [3.05, 3.63) is 12.2 Å². The molecule has 7 nitrogen and oxygen atoms in total. The molecule has 0 aromatic carbocycles. The van der Waals surface area contributed by atoms with Gasteiger partial charge < -0.3 is 29.5 Å². The number of ketones is 1. The highest BCUT2D eigenvalue weighted by atomic mass is 16.7. The number of epoxide rings is 2. The van der Waals surface area contributed by atoms with Crippen molar-refractivity contribution in [3.8, 4) is 0 Å². The summed E-state index contributed by atoms with van der Waals surface area (Å²) in [6.45, 7) is 9.99. The highest BCUT2D eigenvalue weighted by molar-refractivity contribution is 5.97. The van der Waals surface area contributed by atoms with Crippen LogP contribution in [-0.2, 0) is 19.0 Å². The van der Waals surface area contributed by atoms with Crippen LogP contribution in [0.25, 0.3) is 0 Å². The molecule has 6 fully saturated rings. The van der Waals surface area contributed by atoms with E-state index in [2.05, 4.69) is 6.92 Å². The van der Waals surface area contributed by atoms with Gasteiger partial charge in [0.25, 0.3) is 0 Å². The van der Waals surface area contributed by atoms with Crippen molar-refractivity contribution in [1.82, 2.24) is 0 Å². The maximum absolute atomic E-state index is 13.3. The molecule has 4 aliphatic carbocycles. The molecule has 0 bridgehead atoms. The van der Waals surface area contributed by atoms with E-state index in [0.717, 1.165) is 19.3 Å². The second kappa shape index (κ2) is 6.24. The van der Waals surface area contributed by atoms with Gasteiger partial charge in [-0.15, -0.1) is 0 Å². The third-order valence-electron chi connectivity index (χ3n) is 13.1. The number of rotatable bonds is 2. The van der Waals surface area contributed by atoms with Gasteiger partial charge in [-0.3, -0.25) is 4.79 Å². The first-order valence-electron chi connectivity index (χ1n) is 13.6. The fraction of sp³-hybridized carbons (Fsp3) is 0.893. The predicted octanol–water partition coefficient (Wildman–Crippen LogP) is 2.64. The van der Waals surface area contributed by atoms with Gasteiger partial charge in [-0.05, 0) is 77.2 Å². The number of hydrogen-bond acceptors (Lipinski definition) is 7. The minimum absolute atomic E-state index is 0.0124. The highest BCUT2D eigenvalue weighted by Gasteiger charge is 2.82. The summed E-state index contributed by atoms with van der Waals surface area (Å²) < 4.78 is 18.2. The maximum Gasteiger partial charge on any atom is 0.186 e. The van der Waals surface area contributed by atoms with Crippen LogP contribution in [0.1, 0.15) is 79.6 Å². The van der Waals surface area contributed by atoms with Crippen LogP contribution in [0.3, 0.4) is 0 Å². The molecule has 0 amide bonds. The average molecular weight is 489 g/mol. The Hall–Kier alpha value is -0.830. The lowest BCUT2D eigenvalue weighted by molar-refractivity contribution is -0.258. The normalized spacial score (nSPS) is 64.9. The van der Waals surface area contributed by atoms with Gasteiger partial charge in [0.2, 0.25) is 0 Å². The largest absolute Gasteiger partial charge is 0.389 e. The number of aliphatic hydroxyl groups is 3. The summed E-state index contributed by atoms with van der Waals surface area (Å²) in [7, 11) is 0. The van der Waals surface area contributed by atoms with Gasteiger partial charge in [0, 0.05) is 17.8 Å². The number of carbonyl (C=O) groups is 1. The monoisotopic (exact) mass is 488 g/mol. The van der Waals surface area contributed by atoms with Crippen molar-refractivity contribution in [2.45, 2.75) is 126 Å². The van der Waals surface area contributed by atoms with E-state index in [1.54, 1.807) is 6.08 Å². The van der Waals surface area contributed by atoms with E-state index in [1.807, 2.05) is 33.8 Å². The number of hydrogen-bond donors (Lipinski definition) is 3. The number of ether oxygens (including phenoxy) is 3. The second-order valence-electron chi connectivity index (χ2n) is 13.8. The topological polar surface area (TPSA) is 112 Å². The summed E-state index contributed by atoms with van der Waals surface area (Å²) in [5.74, 6) is -0.247. The van der Waals surface area contributed by atoms with Gasteiger partial charge in [0.05, 0.1) is 28.8 Å². The zero-order valence-corrected chi connectivity index (χ0v) is 21.5. The molecule has 1 spiro atoms. The fourth-order valence-electron chi connectivity index (χ4n) is 10.2. The molecule has 13 atom stereocenters. The van der Waals surface area contributed by atoms with E-state index in [0.29, 0.717) is 25.7 Å². The van der Waals surface area contributed by atoms with Crippen molar-refractivity contribution in [2.75, 3.05) is 0 Å². The quantitative estimate of drug-likeness (QED) is 0.512. The number of allylic oxidation sites excluding steroid dienone is 1. The Morgan fingerprint density at radius 1 is 1.09 bits per heavy atom. The molecular weight excluding hydrogens is 448 g/mol. The molecule has 194 valence electrons. The summed E-state index contributed by atoms with van der Waals surface area (Å²) >= 11 is 0. The van der Waals surface area contributed by atoms with E-state index in [1.165, 1.54) is 0 Å². The molecule has 3 heterocycles. The van der Waals surface area contributed by atoms with Gasteiger partial charge in [-0.1, -0.05) is 19.9 Å². The van der Waals surface area contributed by atoms with Crippen LogP contribution in [0.15, 0.2) is 12.2 Å². The Bertz CT molecular complexity index is 1040. The van der Waals surface area contributed by atoms with E-state index >= 15 is 0 Å².